The number of nitrogens with two attached hydrogens (primary N) is 1. The van der Waals surface area contributed by atoms with Crippen molar-refractivity contribution in [3.05, 3.63) is 70.3 Å². The van der Waals surface area contributed by atoms with Gasteiger partial charge >= 0.3 is 12.2 Å². The molecule has 0 aromatic heterocycles. The zero-order valence-electron chi connectivity index (χ0n) is 29.5. The van der Waals surface area contributed by atoms with Crippen LogP contribution >= 0.6 is 0 Å². The zero-order valence-corrected chi connectivity index (χ0v) is 29.5. The fourth-order valence-corrected chi connectivity index (χ4v) is 5.12. The third-order valence-electron chi connectivity index (χ3n) is 7.94. The molecule has 1 aliphatic rings. The number of imide groups is 1. The van der Waals surface area contributed by atoms with E-state index in [9.17, 15) is 43.7 Å². The third-order valence-corrected chi connectivity index (χ3v) is 7.94. The Kier molecular flexibility index (Phi) is 15.4. The standard InChI is InChI=1S/C35H43N7O11/c1-21(2)31(40-28(43)9-5-4-6-19-41-29(44)16-17-30(41)45)33(47)39-26(8-7-18-37-34(36)48)32(46)38-23-10-13-25(14-11-23)52-35(49)53-27-15-12-24(42(50)51)20-22(27)3/h10-17,20-21,26,31H,4-9,18-19H2,1-3H3,(H,38,46)(H,39,47)(H,40,43)(H3,36,37,48)/t26-,31-/m0/s1. The van der Waals surface area contributed by atoms with Gasteiger partial charge in [-0.25, -0.2) is 9.59 Å². The van der Waals surface area contributed by atoms with Crippen LogP contribution in [0.1, 0.15) is 57.9 Å². The summed E-state index contributed by atoms with van der Waals surface area (Å²) >= 11 is 0. The molecule has 2 atom stereocenters. The van der Waals surface area contributed by atoms with Crippen LogP contribution in [0.3, 0.4) is 0 Å². The van der Waals surface area contributed by atoms with Crippen LogP contribution in [0.2, 0.25) is 0 Å². The van der Waals surface area contributed by atoms with Gasteiger partial charge < -0.3 is 36.5 Å². The van der Waals surface area contributed by atoms with Crippen molar-refractivity contribution >= 4 is 53.1 Å². The molecule has 2 aromatic rings. The SMILES string of the molecule is Cc1cc([N+](=O)[O-])ccc1OC(=O)Oc1ccc(NC(=O)[C@H](CCCNC(N)=O)NC(=O)[C@@H](NC(=O)CCCCCN2C(=O)C=CC2=O)C(C)C)cc1. The van der Waals surface area contributed by atoms with Crippen LogP contribution in [0.15, 0.2) is 54.6 Å². The Hall–Kier alpha value is -6.33. The van der Waals surface area contributed by atoms with Gasteiger partial charge in [-0.3, -0.25) is 39.0 Å². The van der Waals surface area contributed by atoms with Crippen molar-refractivity contribution < 1.29 is 48.0 Å². The van der Waals surface area contributed by atoms with Gasteiger partial charge in [0.2, 0.25) is 17.7 Å². The Morgan fingerprint density at radius 2 is 1.57 bits per heavy atom. The lowest BCUT2D eigenvalue weighted by atomic mass is 10.0. The van der Waals surface area contributed by atoms with Crippen molar-refractivity contribution in [2.75, 3.05) is 18.4 Å². The molecule has 18 nitrogen and oxygen atoms in total. The number of benzene rings is 2. The Bertz CT molecular complexity index is 1710. The molecule has 53 heavy (non-hydrogen) atoms. The lowest BCUT2D eigenvalue weighted by Gasteiger charge is -2.25. The Labute approximate surface area is 304 Å². The number of nitrogens with zero attached hydrogens (tertiary/aromatic N) is 2. The molecule has 6 N–H and O–H groups in total. The Morgan fingerprint density at radius 3 is 2.17 bits per heavy atom. The van der Waals surface area contributed by atoms with Gasteiger partial charge in [-0.2, -0.15) is 0 Å². The minimum absolute atomic E-state index is 0.0690. The van der Waals surface area contributed by atoms with Crippen LogP contribution in [0.4, 0.5) is 21.0 Å². The van der Waals surface area contributed by atoms with E-state index in [1.165, 1.54) is 61.5 Å². The van der Waals surface area contributed by atoms with E-state index >= 15 is 0 Å². The summed E-state index contributed by atoms with van der Waals surface area (Å²) in [5.41, 5.74) is 5.61. The van der Waals surface area contributed by atoms with Crippen molar-refractivity contribution in [2.24, 2.45) is 11.7 Å². The molecule has 3 rings (SSSR count). The van der Waals surface area contributed by atoms with Crippen molar-refractivity contribution in [3.8, 4) is 11.5 Å². The number of nitrogens with one attached hydrogen (secondary N) is 4. The van der Waals surface area contributed by atoms with E-state index in [0.717, 1.165) is 4.90 Å². The smallest absolute Gasteiger partial charge is 0.395 e. The molecule has 0 radical (unpaired) electrons. The minimum atomic E-state index is -1.09. The molecule has 0 saturated carbocycles. The molecule has 284 valence electrons. The number of hydrogen-bond acceptors (Lipinski definition) is 11. The normalized spacial score (nSPS) is 13.2. The van der Waals surface area contributed by atoms with Gasteiger partial charge in [-0.15, -0.1) is 0 Å². The molecule has 18 heteroatoms. The minimum Gasteiger partial charge on any atom is -0.395 e. The number of nitro groups is 1. The van der Waals surface area contributed by atoms with Crippen LogP contribution in [0, 0.1) is 23.0 Å². The fraction of sp³-hybridized carbons (Fsp3) is 0.400. The highest BCUT2D eigenvalue weighted by atomic mass is 16.7. The monoisotopic (exact) mass is 737 g/mol. The van der Waals surface area contributed by atoms with Crippen molar-refractivity contribution in [3.63, 3.8) is 0 Å². The number of carbonyl (C=O) groups excluding carboxylic acids is 7. The maximum atomic E-state index is 13.4. The number of nitro benzene ring substituents is 1. The third kappa shape index (κ3) is 13.4. The zero-order chi connectivity index (χ0) is 39.1. The lowest BCUT2D eigenvalue weighted by Crippen LogP contribution is -2.54. The summed E-state index contributed by atoms with van der Waals surface area (Å²) in [4.78, 5) is 97.8. The van der Waals surface area contributed by atoms with Crippen LogP contribution in [0.25, 0.3) is 0 Å². The maximum absolute atomic E-state index is 13.4. The first-order valence-electron chi connectivity index (χ1n) is 16.9. The molecule has 0 saturated heterocycles. The van der Waals surface area contributed by atoms with Gasteiger partial charge in [0.15, 0.2) is 0 Å². The first-order valence-corrected chi connectivity index (χ1v) is 16.9. The molecule has 0 unspecified atom stereocenters. The number of non-ortho nitro benzene ring substituents is 1. The predicted octanol–water partition coefficient (Wildman–Crippen LogP) is 2.98. The second-order valence-electron chi connectivity index (χ2n) is 12.4. The van der Waals surface area contributed by atoms with Gasteiger partial charge in [0.1, 0.15) is 23.6 Å². The molecule has 7 amide bonds. The first kappa shape index (κ1) is 41.1. The van der Waals surface area contributed by atoms with Crippen LogP contribution in [-0.4, -0.2) is 76.7 Å². The summed E-state index contributed by atoms with van der Waals surface area (Å²) in [7, 11) is 0. The average molecular weight is 738 g/mol. The summed E-state index contributed by atoms with van der Waals surface area (Å²) in [6.07, 6.45) is 3.37. The molecule has 1 heterocycles. The summed E-state index contributed by atoms with van der Waals surface area (Å²) < 4.78 is 10.3. The van der Waals surface area contributed by atoms with E-state index in [4.69, 9.17) is 15.2 Å². The summed E-state index contributed by atoms with van der Waals surface area (Å²) in [6.45, 7) is 5.39. The van der Waals surface area contributed by atoms with Crippen molar-refractivity contribution in [1.29, 1.82) is 0 Å². The van der Waals surface area contributed by atoms with Crippen LogP contribution < -0.4 is 36.5 Å². The predicted molar refractivity (Wildman–Crippen MR) is 189 cm³/mol. The number of aryl methyl sites for hydroxylation is 1. The average Bonchev–Trinajstić information content (AvgIpc) is 3.42. The van der Waals surface area contributed by atoms with Gasteiger partial charge in [-0.05, 0) is 74.4 Å². The van der Waals surface area contributed by atoms with Gasteiger partial charge in [0.25, 0.3) is 17.5 Å². The van der Waals surface area contributed by atoms with Crippen LogP contribution in [-0.2, 0) is 24.0 Å². The molecule has 0 aliphatic carbocycles. The van der Waals surface area contributed by atoms with E-state index in [-0.39, 0.29) is 73.2 Å². The largest absolute Gasteiger partial charge is 0.519 e. The highest BCUT2D eigenvalue weighted by molar-refractivity contribution is 6.12. The number of amides is 7. The molecule has 2 aromatic carbocycles. The Balaban J connectivity index is 1.56. The second kappa shape index (κ2) is 19.9. The van der Waals surface area contributed by atoms with E-state index < -0.39 is 41.0 Å². The summed E-state index contributed by atoms with van der Waals surface area (Å²) in [5, 5.41) is 21.5. The Morgan fingerprint density at radius 1 is 0.887 bits per heavy atom. The fourth-order valence-electron chi connectivity index (χ4n) is 5.12. The summed E-state index contributed by atoms with van der Waals surface area (Å²) in [5.74, 6) is -2.51. The highest BCUT2D eigenvalue weighted by Gasteiger charge is 2.29. The quantitative estimate of drug-likeness (QED) is 0.0350. The lowest BCUT2D eigenvalue weighted by molar-refractivity contribution is -0.384. The van der Waals surface area contributed by atoms with Gasteiger partial charge in [0.05, 0.1) is 4.92 Å². The molecule has 1 aliphatic heterocycles. The molecule has 0 fully saturated rings. The number of primary amides is 1. The summed E-state index contributed by atoms with van der Waals surface area (Å²) in [6, 6.07) is 6.56. The number of unbranched alkanes of at least 4 members (excludes halogenated alkanes) is 2. The van der Waals surface area contributed by atoms with Crippen molar-refractivity contribution in [1.82, 2.24) is 20.9 Å². The number of carbonyl (C=O) groups is 7. The number of ether oxygens (including phenoxy) is 2. The molecule has 0 spiro atoms. The van der Waals surface area contributed by atoms with Crippen LogP contribution in [0.5, 0.6) is 11.5 Å². The first-order chi connectivity index (χ1) is 25.1. The topological polar surface area (TPSA) is 258 Å². The van der Waals surface area contributed by atoms with E-state index in [1.807, 2.05) is 0 Å². The van der Waals surface area contributed by atoms with Gasteiger partial charge in [0, 0.05) is 49.5 Å². The highest BCUT2D eigenvalue weighted by Crippen LogP contribution is 2.24. The number of hydrogen-bond donors (Lipinski definition) is 5. The van der Waals surface area contributed by atoms with E-state index in [2.05, 4.69) is 21.3 Å². The van der Waals surface area contributed by atoms with Gasteiger partial charge in [-0.1, -0.05) is 20.3 Å². The van der Waals surface area contributed by atoms with E-state index in [0.29, 0.717) is 30.5 Å². The number of anilines is 1. The number of urea groups is 1. The molecular weight excluding hydrogens is 694 g/mol. The van der Waals surface area contributed by atoms with Crippen molar-refractivity contribution in [2.45, 2.75) is 71.4 Å². The molecular formula is C35H43N7O11. The van der Waals surface area contributed by atoms with E-state index in [1.54, 1.807) is 13.8 Å². The second-order valence-corrected chi connectivity index (χ2v) is 12.4. The maximum Gasteiger partial charge on any atom is 0.519 e. The molecule has 0 bridgehead atoms. The number of rotatable bonds is 19.